The molecule has 1 aromatic heterocycles. The van der Waals surface area contributed by atoms with Crippen molar-refractivity contribution in [3.05, 3.63) is 69.6 Å². The van der Waals surface area contributed by atoms with Crippen LogP contribution in [0.5, 0.6) is 5.75 Å². The Morgan fingerprint density at radius 3 is 2.64 bits per heavy atom. The summed E-state index contributed by atoms with van der Waals surface area (Å²) in [5.74, 6) is 0.0664. The highest BCUT2D eigenvalue weighted by Gasteiger charge is 2.17. The molecule has 0 fully saturated rings. The summed E-state index contributed by atoms with van der Waals surface area (Å²) in [7, 11) is 3.80. The zero-order valence-electron chi connectivity index (χ0n) is 16.4. The van der Waals surface area contributed by atoms with E-state index in [2.05, 4.69) is 0 Å². The number of hydrogen-bond donors (Lipinski definition) is 0. The number of rotatable bonds is 6. The molecule has 3 aromatic rings. The minimum absolute atomic E-state index is 0.0654. The highest BCUT2D eigenvalue weighted by molar-refractivity contribution is 5.91. The van der Waals surface area contributed by atoms with Gasteiger partial charge in [-0.25, -0.2) is 9.59 Å². The molecule has 2 aromatic carbocycles. The molecule has 0 N–H and O–H groups in total. The summed E-state index contributed by atoms with van der Waals surface area (Å²) in [5.41, 5.74) is 2.60. The van der Waals surface area contributed by atoms with Crippen molar-refractivity contribution >= 4 is 22.6 Å². The maximum absolute atomic E-state index is 12.6. The van der Waals surface area contributed by atoms with Crippen LogP contribution in [0.2, 0.25) is 0 Å². The second-order valence-corrected chi connectivity index (χ2v) is 6.62. The lowest BCUT2D eigenvalue weighted by molar-refractivity contribution is 0.0470. The summed E-state index contributed by atoms with van der Waals surface area (Å²) in [4.78, 5) is 26.3. The van der Waals surface area contributed by atoms with Crippen LogP contribution in [0.4, 0.5) is 5.69 Å². The number of carbonyl (C=O) groups is 1. The fraction of sp³-hybridized carbons (Fsp3) is 0.273. The average Bonchev–Trinajstić information content (AvgIpc) is 2.67. The summed E-state index contributed by atoms with van der Waals surface area (Å²) >= 11 is 0. The number of fused-ring (bicyclic) bond motifs is 1. The fourth-order valence-electron chi connectivity index (χ4n) is 2.98. The molecule has 0 spiro atoms. The number of anilines is 1. The van der Waals surface area contributed by atoms with Gasteiger partial charge in [0.25, 0.3) is 0 Å². The molecule has 0 atom stereocenters. The maximum Gasteiger partial charge on any atom is 0.338 e. The molecule has 0 saturated heterocycles. The molecule has 1 heterocycles. The quantitative estimate of drug-likeness (QED) is 0.476. The Bertz CT molecular complexity index is 1070. The molecule has 0 unspecified atom stereocenters. The summed E-state index contributed by atoms with van der Waals surface area (Å²) in [5, 5.41) is 0.781. The van der Waals surface area contributed by atoms with E-state index in [1.165, 1.54) is 6.07 Å². The van der Waals surface area contributed by atoms with E-state index in [4.69, 9.17) is 13.9 Å². The van der Waals surface area contributed by atoms with Crippen LogP contribution in [0.15, 0.2) is 51.7 Å². The van der Waals surface area contributed by atoms with E-state index in [9.17, 15) is 9.59 Å². The van der Waals surface area contributed by atoms with Crippen molar-refractivity contribution in [2.24, 2.45) is 0 Å². The average molecular weight is 381 g/mol. The highest BCUT2D eigenvalue weighted by atomic mass is 16.5. The van der Waals surface area contributed by atoms with Crippen LogP contribution in [0.1, 0.15) is 28.4 Å². The molecule has 0 amide bonds. The Labute approximate surface area is 163 Å². The van der Waals surface area contributed by atoms with Gasteiger partial charge in [0.2, 0.25) is 0 Å². The third-order valence-electron chi connectivity index (χ3n) is 4.43. The topological polar surface area (TPSA) is 69.0 Å². The van der Waals surface area contributed by atoms with Gasteiger partial charge in [0.05, 0.1) is 17.7 Å². The predicted molar refractivity (Wildman–Crippen MR) is 108 cm³/mol. The van der Waals surface area contributed by atoms with Crippen molar-refractivity contribution in [3.63, 3.8) is 0 Å². The lowest BCUT2D eigenvalue weighted by Gasteiger charge is -2.15. The SMILES string of the molecule is CCOc1ccc2c(C)cc(=O)oc2c1COC(=O)c1cccc(N(C)C)c1. The maximum atomic E-state index is 12.6. The van der Waals surface area contributed by atoms with Gasteiger partial charge in [-0.3, -0.25) is 0 Å². The van der Waals surface area contributed by atoms with Gasteiger partial charge in [-0.15, -0.1) is 0 Å². The molecule has 0 bridgehead atoms. The standard InChI is InChI=1S/C22H23NO5/c1-5-26-19-10-9-17-14(2)11-20(24)28-21(17)18(19)13-27-22(25)15-7-6-8-16(12-15)23(3)4/h6-12H,5,13H2,1-4H3. The van der Waals surface area contributed by atoms with E-state index in [-0.39, 0.29) is 6.61 Å². The zero-order chi connectivity index (χ0) is 20.3. The number of carbonyl (C=O) groups excluding carboxylic acids is 1. The summed E-state index contributed by atoms with van der Waals surface area (Å²) < 4.78 is 16.6. The van der Waals surface area contributed by atoms with Crippen molar-refractivity contribution < 1.29 is 18.7 Å². The Morgan fingerprint density at radius 1 is 1.14 bits per heavy atom. The molecule has 0 radical (unpaired) electrons. The van der Waals surface area contributed by atoms with E-state index in [0.29, 0.717) is 29.1 Å². The molecular weight excluding hydrogens is 358 g/mol. The first-order valence-electron chi connectivity index (χ1n) is 9.04. The van der Waals surface area contributed by atoms with Crippen LogP contribution in [0.3, 0.4) is 0 Å². The number of ether oxygens (including phenoxy) is 2. The number of benzene rings is 2. The van der Waals surface area contributed by atoms with Gasteiger partial charge in [-0.05, 0) is 49.7 Å². The van der Waals surface area contributed by atoms with Crippen LogP contribution in [-0.2, 0) is 11.3 Å². The molecule has 28 heavy (non-hydrogen) atoms. The smallest absolute Gasteiger partial charge is 0.338 e. The van der Waals surface area contributed by atoms with Gasteiger partial charge in [-0.1, -0.05) is 6.07 Å². The number of esters is 1. The van der Waals surface area contributed by atoms with Crippen LogP contribution in [0.25, 0.3) is 11.0 Å². The zero-order valence-corrected chi connectivity index (χ0v) is 16.4. The van der Waals surface area contributed by atoms with Gasteiger partial charge in [-0.2, -0.15) is 0 Å². The largest absolute Gasteiger partial charge is 0.493 e. The van der Waals surface area contributed by atoms with E-state index in [0.717, 1.165) is 16.6 Å². The monoisotopic (exact) mass is 381 g/mol. The van der Waals surface area contributed by atoms with Crippen LogP contribution >= 0.6 is 0 Å². The minimum atomic E-state index is -0.460. The first-order valence-corrected chi connectivity index (χ1v) is 9.04. The van der Waals surface area contributed by atoms with Gasteiger partial charge < -0.3 is 18.8 Å². The van der Waals surface area contributed by atoms with E-state index in [1.54, 1.807) is 24.3 Å². The third kappa shape index (κ3) is 4.01. The van der Waals surface area contributed by atoms with Gasteiger partial charge in [0.15, 0.2) is 0 Å². The first kappa shape index (κ1) is 19.5. The Hall–Kier alpha value is -3.28. The fourth-order valence-corrected chi connectivity index (χ4v) is 2.98. The second-order valence-electron chi connectivity index (χ2n) is 6.62. The molecular formula is C22H23NO5. The summed E-state index contributed by atoms with van der Waals surface area (Å²) in [6.07, 6.45) is 0. The van der Waals surface area contributed by atoms with Crippen molar-refractivity contribution in [2.45, 2.75) is 20.5 Å². The summed E-state index contributed by atoms with van der Waals surface area (Å²) in [6, 6.07) is 12.2. The minimum Gasteiger partial charge on any atom is -0.493 e. The predicted octanol–water partition coefficient (Wildman–Crippen LogP) is 3.92. The van der Waals surface area contributed by atoms with Crippen molar-refractivity contribution in [1.82, 2.24) is 0 Å². The first-order chi connectivity index (χ1) is 13.4. The lowest BCUT2D eigenvalue weighted by atomic mass is 10.1. The molecule has 0 aliphatic rings. The molecule has 6 heteroatoms. The van der Waals surface area contributed by atoms with E-state index in [1.807, 2.05) is 45.0 Å². The second kappa shape index (κ2) is 8.17. The van der Waals surface area contributed by atoms with Crippen LogP contribution in [-0.4, -0.2) is 26.7 Å². The van der Waals surface area contributed by atoms with Crippen LogP contribution in [0, 0.1) is 6.92 Å². The number of nitrogens with zero attached hydrogens (tertiary/aromatic N) is 1. The normalized spacial score (nSPS) is 10.7. The number of aryl methyl sites for hydroxylation is 1. The van der Waals surface area contributed by atoms with E-state index < -0.39 is 11.6 Å². The summed E-state index contributed by atoms with van der Waals surface area (Å²) in [6.45, 7) is 4.07. The van der Waals surface area contributed by atoms with Crippen molar-refractivity contribution in [2.75, 3.05) is 25.6 Å². The van der Waals surface area contributed by atoms with Crippen molar-refractivity contribution in [1.29, 1.82) is 0 Å². The number of hydrogen-bond acceptors (Lipinski definition) is 6. The lowest BCUT2D eigenvalue weighted by Crippen LogP contribution is -2.11. The third-order valence-corrected chi connectivity index (χ3v) is 4.43. The molecule has 146 valence electrons. The van der Waals surface area contributed by atoms with Gasteiger partial charge in [0, 0.05) is 31.2 Å². The Morgan fingerprint density at radius 2 is 1.93 bits per heavy atom. The van der Waals surface area contributed by atoms with Gasteiger partial charge >= 0.3 is 11.6 Å². The van der Waals surface area contributed by atoms with E-state index >= 15 is 0 Å². The highest BCUT2D eigenvalue weighted by Crippen LogP contribution is 2.30. The molecule has 0 aliphatic heterocycles. The molecule has 0 aliphatic carbocycles. The molecule has 3 rings (SSSR count). The van der Waals surface area contributed by atoms with Crippen molar-refractivity contribution in [3.8, 4) is 5.75 Å². The molecule has 0 saturated carbocycles. The Balaban J connectivity index is 1.95. The van der Waals surface area contributed by atoms with Crippen LogP contribution < -0.4 is 15.3 Å². The Kier molecular flexibility index (Phi) is 5.68. The molecule has 6 nitrogen and oxygen atoms in total. The van der Waals surface area contributed by atoms with Gasteiger partial charge in [0.1, 0.15) is 17.9 Å².